The molecule has 2 rings (SSSR count). The second-order valence-electron chi connectivity index (χ2n) is 2.15. The van der Waals surface area contributed by atoms with Crippen LogP contribution in [0.3, 0.4) is 0 Å². The molecular formula is C7H7Cl2N. The molecule has 0 aromatic carbocycles. The predicted molar refractivity (Wildman–Crippen MR) is 44.8 cm³/mol. The minimum atomic E-state index is -0.722. The van der Waals surface area contributed by atoms with Crippen LogP contribution in [0.4, 0.5) is 0 Å². The minimum Gasteiger partial charge on any atom is -0.344 e. The van der Waals surface area contributed by atoms with E-state index in [4.69, 9.17) is 23.2 Å². The van der Waals surface area contributed by atoms with Gasteiger partial charge in [-0.3, -0.25) is 0 Å². The summed E-state index contributed by atoms with van der Waals surface area (Å²) < 4.78 is -0.722. The van der Waals surface area contributed by atoms with E-state index in [0.29, 0.717) is 0 Å². The van der Waals surface area contributed by atoms with Crippen molar-refractivity contribution < 1.29 is 0 Å². The third kappa shape index (κ3) is 0.749. The molecule has 3 N–H and O–H groups in total. The van der Waals surface area contributed by atoms with E-state index in [1.54, 1.807) is 0 Å². The van der Waals surface area contributed by atoms with Crippen LogP contribution in [0.15, 0.2) is 35.5 Å². The summed E-state index contributed by atoms with van der Waals surface area (Å²) in [6.45, 7) is 0. The second-order valence-corrected chi connectivity index (χ2v) is 3.48. The smallest absolute Gasteiger partial charge is 0.168 e. The van der Waals surface area contributed by atoms with E-state index < -0.39 is 4.33 Å². The summed E-state index contributed by atoms with van der Waals surface area (Å²) in [5.41, 5.74) is 1.97. The summed E-state index contributed by atoms with van der Waals surface area (Å²) in [6.07, 6.45) is 7.76. The molecule has 0 fully saturated rings. The molecule has 54 valence electrons. The topological polar surface area (TPSA) is 35.0 Å². The molecule has 2 bridgehead atoms. The van der Waals surface area contributed by atoms with Crippen LogP contribution in [-0.2, 0) is 0 Å². The molecule has 10 heavy (non-hydrogen) atoms. The van der Waals surface area contributed by atoms with Gasteiger partial charge in [0, 0.05) is 0 Å². The molecule has 0 amide bonds. The Balaban J connectivity index is 0.000000500. The lowest BCUT2D eigenvalue weighted by Gasteiger charge is -2.10. The summed E-state index contributed by atoms with van der Waals surface area (Å²) in [7, 11) is 0. The van der Waals surface area contributed by atoms with Crippen LogP contribution < -0.4 is 6.15 Å². The Bertz CT molecular complexity index is 224. The highest BCUT2D eigenvalue weighted by molar-refractivity contribution is 6.53. The van der Waals surface area contributed by atoms with Gasteiger partial charge in [0.15, 0.2) is 4.33 Å². The van der Waals surface area contributed by atoms with Crippen LogP contribution in [0.25, 0.3) is 0 Å². The lowest BCUT2D eigenvalue weighted by atomic mass is 10.2. The molecule has 0 aromatic heterocycles. The average Bonchev–Trinajstić information content (AvgIpc) is 2.24. The number of allylic oxidation sites excluding steroid dienone is 6. The molecular weight excluding hydrogens is 169 g/mol. The first-order chi connectivity index (χ1) is 4.21. The molecule has 0 atom stereocenters. The maximum atomic E-state index is 5.90. The van der Waals surface area contributed by atoms with Gasteiger partial charge >= 0.3 is 0 Å². The van der Waals surface area contributed by atoms with Gasteiger partial charge < -0.3 is 6.15 Å². The van der Waals surface area contributed by atoms with Crippen LogP contribution in [-0.4, -0.2) is 4.33 Å². The fourth-order valence-corrected chi connectivity index (χ4v) is 1.56. The highest BCUT2D eigenvalue weighted by Gasteiger charge is 2.37. The lowest BCUT2D eigenvalue weighted by molar-refractivity contribution is 1.21. The molecule has 0 saturated heterocycles. The van der Waals surface area contributed by atoms with E-state index in [0.717, 1.165) is 11.1 Å². The molecule has 0 saturated carbocycles. The van der Waals surface area contributed by atoms with Gasteiger partial charge in [0.1, 0.15) is 0 Å². The van der Waals surface area contributed by atoms with Crippen LogP contribution >= 0.6 is 23.2 Å². The van der Waals surface area contributed by atoms with Gasteiger partial charge in [-0.25, -0.2) is 0 Å². The first kappa shape index (κ1) is 7.86. The largest absolute Gasteiger partial charge is 0.344 e. The maximum Gasteiger partial charge on any atom is 0.168 e. The zero-order valence-electron chi connectivity index (χ0n) is 5.27. The van der Waals surface area contributed by atoms with Gasteiger partial charge in [0.25, 0.3) is 0 Å². The third-order valence-corrected chi connectivity index (χ3v) is 2.48. The molecule has 3 heteroatoms. The predicted octanol–water partition coefficient (Wildman–Crippen LogP) is 2.76. The Morgan fingerprint density at radius 2 is 1.40 bits per heavy atom. The fraction of sp³-hybridized carbons (Fsp3) is 0.143. The lowest BCUT2D eigenvalue weighted by Crippen LogP contribution is -2.08. The van der Waals surface area contributed by atoms with Crippen molar-refractivity contribution in [1.82, 2.24) is 6.15 Å². The Hall–Kier alpha value is -0.240. The Morgan fingerprint density at radius 1 is 1.00 bits per heavy atom. The van der Waals surface area contributed by atoms with E-state index in [1.807, 2.05) is 24.3 Å². The molecule has 2 aliphatic rings. The molecule has 0 spiro atoms. The van der Waals surface area contributed by atoms with Crippen LogP contribution in [0.5, 0.6) is 0 Å². The van der Waals surface area contributed by atoms with Crippen LogP contribution in [0.1, 0.15) is 0 Å². The Morgan fingerprint density at radius 3 is 1.50 bits per heavy atom. The number of hydrogen-bond acceptors (Lipinski definition) is 1. The zero-order chi connectivity index (χ0) is 6.48. The zero-order valence-corrected chi connectivity index (χ0v) is 6.78. The average molecular weight is 176 g/mol. The maximum absolute atomic E-state index is 5.90. The van der Waals surface area contributed by atoms with E-state index in [9.17, 15) is 0 Å². The van der Waals surface area contributed by atoms with Crippen molar-refractivity contribution in [3.05, 3.63) is 35.5 Å². The van der Waals surface area contributed by atoms with Gasteiger partial charge in [-0.15, -0.1) is 0 Å². The van der Waals surface area contributed by atoms with Crippen molar-refractivity contribution >= 4 is 23.2 Å². The summed E-state index contributed by atoms with van der Waals surface area (Å²) in [5.74, 6) is 0. The molecule has 1 nitrogen and oxygen atoms in total. The van der Waals surface area contributed by atoms with Crippen LogP contribution in [0.2, 0.25) is 0 Å². The fourth-order valence-electron chi connectivity index (χ4n) is 1.06. The van der Waals surface area contributed by atoms with Gasteiger partial charge in [0.2, 0.25) is 0 Å². The number of hydrogen-bond donors (Lipinski definition) is 1. The molecule has 0 heterocycles. The van der Waals surface area contributed by atoms with Crippen molar-refractivity contribution in [2.75, 3.05) is 0 Å². The van der Waals surface area contributed by atoms with E-state index in [-0.39, 0.29) is 6.15 Å². The normalized spacial score (nSPS) is 23.8. The standard InChI is InChI=1S/C7H4Cl2.H3N/c8-7(9)5-1-2-6(7)4-3-5;/h1-4H;1H3. The van der Waals surface area contributed by atoms with Gasteiger partial charge in [0.05, 0.1) is 0 Å². The first-order valence-corrected chi connectivity index (χ1v) is 3.46. The minimum absolute atomic E-state index is 0. The van der Waals surface area contributed by atoms with Crippen molar-refractivity contribution in [3.8, 4) is 0 Å². The monoisotopic (exact) mass is 175 g/mol. The molecule has 2 aliphatic carbocycles. The second kappa shape index (κ2) is 2.12. The van der Waals surface area contributed by atoms with Crippen molar-refractivity contribution in [1.29, 1.82) is 0 Å². The highest BCUT2D eigenvalue weighted by atomic mass is 35.5. The molecule has 0 aliphatic heterocycles. The number of halogens is 2. The number of rotatable bonds is 0. The van der Waals surface area contributed by atoms with E-state index in [1.165, 1.54) is 0 Å². The quantitative estimate of drug-likeness (QED) is 0.565. The van der Waals surface area contributed by atoms with Crippen molar-refractivity contribution in [3.63, 3.8) is 0 Å². The molecule has 0 radical (unpaired) electrons. The van der Waals surface area contributed by atoms with Gasteiger partial charge in [-0.1, -0.05) is 47.5 Å². The molecule has 0 aromatic rings. The third-order valence-electron chi connectivity index (χ3n) is 1.61. The SMILES string of the molecule is ClC1(Cl)C2=CC=C1C=C2.N. The van der Waals surface area contributed by atoms with Crippen molar-refractivity contribution in [2.24, 2.45) is 0 Å². The molecule has 0 unspecified atom stereocenters. The summed E-state index contributed by atoms with van der Waals surface area (Å²) in [5, 5.41) is 0. The number of fused-ring (bicyclic) bond motifs is 2. The first-order valence-electron chi connectivity index (χ1n) is 2.70. The van der Waals surface area contributed by atoms with E-state index >= 15 is 0 Å². The number of alkyl halides is 2. The summed E-state index contributed by atoms with van der Waals surface area (Å²) >= 11 is 11.8. The van der Waals surface area contributed by atoms with Crippen molar-refractivity contribution in [2.45, 2.75) is 4.33 Å². The summed E-state index contributed by atoms with van der Waals surface area (Å²) in [4.78, 5) is 0. The van der Waals surface area contributed by atoms with E-state index in [2.05, 4.69) is 0 Å². The van der Waals surface area contributed by atoms with Gasteiger partial charge in [-0.05, 0) is 11.1 Å². The Labute approximate surface area is 69.6 Å². The van der Waals surface area contributed by atoms with Crippen LogP contribution in [0, 0.1) is 0 Å². The summed E-state index contributed by atoms with van der Waals surface area (Å²) in [6, 6.07) is 0. The Kier molecular flexibility index (Phi) is 1.67. The highest BCUT2D eigenvalue weighted by Crippen LogP contribution is 2.47. The van der Waals surface area contributed by atoms with Gasteiger partial charge in [-0.2, -0.15) is 0 Å².